The predicted molar refractivity (Wildman–Crippen MR) is 99.8 cm³/mol. The molecule has 0 unspecified atom stereocenters. The summed E-state index contributed by atoms with van der Waals surface area (Å²) < 4.78 is 10.7. The summed E-state index contributed by atoms with van der Waals surface area (Å²) in [5.74, 6) is 1.03. The average molecular weight is 387 g/mol. The number of hydrogen-bond acceptors (Lipinski definition) is 6. The fraction of sp³-hybridized carbons (Fsp3) is 0.579. The molecule has 2 aliphatic rings. The molecule has 2 fully saturated rings. The van der Waals surface area contributed by atoms with Gasteiger partial charge < -0.3 is 19.5 Å². The van der Waals surface area contributed by atoms with E-state index in [1.54, 1.807) is 11.0 Å². The van der Waals surface area contributed by atoms with E-state index in [0.29, 0.717) is 11.6 Å². The fourth-order valence-corrected chi connectivity index (χ4v) is 3.90. The zero-order chi connectivity index (χ0) is 19.5. The lowest BCUT2D eigenvalue weighted by Crippen LogP contribution is -2.31. The van der Waals surface area contributed by atoms with Crippen molar-refractivity contribution in [2.45, 2.75) is 57.5 Å². The van der Waals surface area contributed by atoms with Crippen LogP contribution in [0.1, 0.15) is 55.2 Å². The number of aromatic amines is 1. The van der Waals surface area contributed by atoms with Crippen LogP contribution in [0.5, 0.6) is 0 Å². The monoisotopic (exact) mass is 387 g/mol. The number of anilines is 1. The molecule has 2 aromatic heterocycles. The van der Waals surface area contributed by atoms with Crippen LogP contribution in [0.25, 0.3) is 0 Å². The highest BCUT2D eigenvalue weighted by atomic mass is 16.6. The van der Waals surface area contributed by atoms with Crippen molar-refractivity contribution in [2.24, 2.45) is 0 Å². The fourth-order valence-electron chi connectivity index (χ4n) is 3.90. The molecule has 2 amide bonds. The minimum absolute atomic E-state index is 0.0610. The third kappa shape index (κ3) is 4.35. The number of carbonyl (C=O) groups excluding carboxylic acids is 2. The SMILES string of the molecule is Cc1cc(CC(=O)Nc2cc([C@H]3CC[C@@H](OC(=O)N4CCCC4)C3)[nH]n2)on1. The second-order valence-electron chi connectivity index (χ2n) is 7.58. The second kappa shape index (κ2) is 8.04. The maximum atomic E-state index is 12.1. The standard InChI is InChI=1S/C19H25N5O4/c1-12-8-15(28-23-12)10-18(25)20-17-11-16(21-22-17)13-4-5-14(9-13)27-19(26)24-6-2-3-7-24/h8,11,13-14H,2-7,9-10H2,1H3,(H2,20,21,22,25)/t13-,14+/m0/s1. The lowest BCUT2D eigenvalue weighted by atomic mass is 10.0. The van der Waals surface area contributed by atoms with Gasteiger partial charge in [-0.3, -0.25) is 9.89 Å². The predicted octanol–water partition coefficient (Wildman–Crippen LogP) is 2.76. The molecule has 1 aliphatic carbocycles. The summed E-state index contributed by atoms with van der Waals surface area (Å²) in [6, 6.07) is 3.58. The maximum Gasteiger partial charge on any atom is 0.410 e. The van der Waals surface area contributed by atoms with Crippen LogP contribution < -0.4 is 5.32 Å². The van der Waals surface area contributed by atoms with E-state index in [2.05, 4.69) is 20.7 Å². The van der Waals surface area contributed by atoms with E-state index < -0.39 is 0 Å². The van der Waals surface area contributed by atoms with Crippen LogP contribution in [0.3, 0.4) is 0 Å². The number of carbonyl (C=O) groups is 2. The van der Waals surface area contributed by atoms with Gasteiger partial charge in [0.2, 0.25) is 5.91 Å². The molecule has 9 heteroatoms. The van der Waals surface area contributed by atoms with Gasteiger partial charge >= 0.3 is 6.09 Å². The number of hydrogen-bond donors (Lipinski definition) is 2. The van der Waals surface area contributed by atoms with Gasteiger partial charge in [-0.15, -0.1) is 0 Å². The molecule has 2 N–H and O–H groups in total. The molecule has 0 spiro atoms. The molecule has 1 aliphatic heterocycles. The number of amides is 2. The zero-order valence-electron chi connectivity index (χ0n) is 15.9. The van der Waals surface area contributed by atoms with Crippen LogP contribution in [0.2, 0.25) is 0 Å². The summed E-state index contributed by atoms with van der Waals surface area (Å²) in [6.07, 6.45) is 4.51. The first-order valence-corrected chi connectivity index (χ1v) is 9.80. The molecule has 0 aromatic carbocycles. The van der Waals surface area contributed by atoms with Crippen molar-refractivity contribution in [3.8, 4) is 0 Å². The second-order valence-corrected chi connectivity index (χ2v) is 7.58. The van der Waals surface area contributed by atoms with Crippen LogP contribution in [0, 0.1) is 6.92 Å². The highest BCUT2D eigenvalue weighted by molar-refractivity contribution is 5.91. The Kier molecular flexibility index (Phi) is 5.31. The van der Waals surface area contributed by atoms with E-state index in [9.17, 15) is 9.59 Å². The van der Waals surface area contributed by atoms with Gasteiger partial charge in [-0.2, -0.15) is 5.10 Å². The van der Waals surface area contributed by atoms with Crippen molar-refractivity contribution in [3.63, 3.8) is 0 Å². The van der Waals surface area contributed by atoms with Crippen LogP contribution in [-0.4, -0.2) is 51.4 Å². The van der Waals surface area contributed by atoms with Crippen LogP contribution in [0.4, 0.5) is 10.6 Å². The molecule has 4 rings (SSSR count). The Labute approximate surface area is 162 Å². The molecule has 0 radical (unpaired) electrons. The van der Waals surface area contributed by atoms with Gasteiger partial charge in [0, 0.05) is 36.8 Å². The number of rotatable bonds is 5. The molecule has 0 bridgehead atoms. The first-order chi connectivity index (χ1) is 13.6. The number of ether oxygens (including phenoxy) is 1. The van der Waals surface area contributed by atoms with Crippen molar-refractivity contribution in [2.75, 3.05) is 18.4 Å². The molecule has 9 nitrogen and oxygen atoms in total. The minimum atomic E-state index is -0.210. The lowest BCUT2D eigenvalue weighted by molar-refractivity contribution is -0.115. The summed E-state index contributed by atoms with van der Waals surface area (Å²) in [7, 11) is 0. The van der Waals surface area contributed by atoms with E-state index in [-0.39, 0.29) is 30.4 Å². The van der Waals surface area contributed by atoms with Crippen molar-refractivity contribution in [3.05, 3.63) is 29.3 Å². The third-order valence-corrected chi connectivity index (χ3v) is 5.33. The summed E-state index contributed by atoms with van der Waals surface area (Å²) in [5, 5.41) is 13.7. The van der Waals surface area contributed by atoms with Gasteiger partial charge in [-0.1, -0.05) is 5.16 Å². The largest absolute Gasteiger partial charge is 0.446 e. The quantitative estimate of drug-likeness (QED) is 0.815. The Hall–Kier alpha value is -2.84. The van der Waals surface area contributed by atoms with E-state index in [1.165, 1.54) is 0 Å². The summed E-state index contributed by atoms with van der Waals surface area (Å²) in [6.45, 7) is 3.40. The number of likely N-dealkylation sites (tertiary alicyclic amines) is 1. The van der Waals surface area contributed by atoms with Gasteiger partial charge in [-0.05, 0) is 39.0 Å². The first kappa shape index (κ1) is 18.5. The number of nitrogens with one attached hydrogen (secondary N) is 2. The average Bonchev–Trinajstić information content (AvgIpc) is 3.42. The van der Waals surface area contributed by atoms with Gasteiger partial charge in [0.1, 0.15) is 11.9 Å². The van der Waals surface area contributed by atoms with Gasteiger partial charge in [0.15, 0.2) is 5.82 Å². The smallest absolute Gasteiger partial charge is 0.410 e. The van der Waals surface area contributed by atoms with Crippen molar-refractivity contribution in [1.82, 2.24) is 20.3 Å². The highest BCUT2D eigenvalue weighted by Gasteiger charge is 2.31. The van der Waals surface area contributed by atoms with E-state index in [0.717, 1.165) is 56.6 Å². The Morgan fingerprint density at radius 3 is 2.89 bits per heavy atom. The third-order valence-electron chi connectivity index (χ3n) is 5.33. The molecule has 150 valence electrons. The molecule has 28 heavy (non-hydrogen) atoms. The normalized spacial score (nSPS) is 21.8. The summed E-state index contributed by atoms with van der Waals surface area (Å²) >= 11 is 0. The highest BCUT2D eigenvalue weighted by Crippen LogP contribution is 2.36. The Bertz CT molecular complexity index is 839. The molecule has 3 heterocycles. The zero-order valence-corrected chi connectivity index (χ0v) is 15.9. The summed E-state index contributed by atoms with van der Waals surface area (Å²) in [4.78, 5) is 26.0. The first-order valence-electron chi connectivity index (χ1n) is 9.80. The maximum absolute atomic E-state index is 12.1. The number of aromatic nitrogens is 3. The molecule has 1 saturated carbocycles. The van der Waals surface area contributed by atoms with Gasteiger partial charge in [-0.25, -0.2) is 4.79 Å². The van der Waals surface area contributed by atoms with Crippen molar-refractivity contribution >= 4 is 17.8 Å². The van der Waals surface area contributed by atoms with Crippen LogP contribution in [-0.2, 0) is 16.0 Å². The number of H-pyrrole nitrogens is 1. The Morgan fingerprint density at radius 1 is 1.32 bits per heavy atom. The lowest BCUT2D eigenvalue weighted by Gasteiger charge is -2.19. The Balaban J connectivity index is 1.27. The number of aryl methyl sites for hydroxylation is 1. The van der Waals surface area contributed by atoms with E-state index in [4.69, 9.17) is 9.26 Å². The molecular weight excluding hydrogens is 362 g/mol. The molecular formula is C19H25N5O4. The van der Waals surface area contributed by atoms with Crippen molar-refractivity contribution < 1.29 is 18.8 Å². The topological polar surface area (TPSA) is 113 Å². The molecule has 2 atom stereocenters. The van der Waals surface area contributed by atoms with Gasteiger partial charge in [0.25, 0.3) is 0 Å². The number of nitrogens with zero attached hydrogens (tertiary/aromatic N) is 3. The van der Waals surface area contributed by atoms with E-state index in [1.807, 2.05) is 13.0 Å². The van der Waals surface area contributed by atoms with Crippen molar-refractivity contribution in [1.29, 1.82) is 0 Å². The van der Waals surface area contributed by atoms with Crippen LogP contribution >= 0.6 is 0 Å². The van der Waals surface area contributed by atoms with E-state index >= 15 is 0 Å². The van der Waals surface area contributed by atoms with Gasteiger partial charge in [0.05, 0.1) is 12.1 Å². The molecule has 2 aromatic rings. The summed E-state index contributed by atoms with van der Waals surface area (Å²) in [5.41, 5.74) is 1.69. The minimum Gasteiger partial charge on any atom is -0.446 e. The van der Waals surface area contributed by atoms with Crippen LogP contribution in [0.15, 0.2) is 16.7 Å². The molecule has 1 saturated heterocycles. The Morgan fingerprint density at radius 2 is 2.14 bits per heavy atom.